The molecule has 3 amide bonds. The maximum Gasteiger partial charge on any atom is 0.246 e. The number of rotatable bonds is 24. The van der Waals surface area contributed by atoms with E-state index in [9.17, 15) is 30.0 Å². The first-order valence-corrected chi connectivity index (χ1v) is 13.8. The Morgan fingerprint density at radius 3 is 2.00 bits per heavy atom. The maximum atomic E-state index is 12.1. The van der Waals surface area contributed by atoms with Crippen LogP contribution in [0.3, 0.4) is 0 Å². The van der Waals surface area contributed by atoms with Gasteiger partial charge in [0.05, 0.1) is 6.17 Å². The smallest absolute Gasteiger partial charge is 0.246 e. The minimum atomic E-state index is -0.478. The molecule has 0 heterocycles. The first-order valence-electron chi connectivity index (χ1n) is 13.8. The minimum absolute atomic E-state index is 0.0112. The highest BCUT2D eigenvalue weighted by Gasteiger charge is 2.15. The quantitative estimate of drug-likeness (QED) is 0.0472. The zero-order chi connectivity index (χ0) is 27.9. The molecule has 0 rings (SSSR count). The Morgan fingerprint density at radius 1 is 0.784 bits per heavy atom. The lowest BCUT2D eigenvalue weighted by atomic mass is 10.2. The van der Waals surface area contributed by atoms with Crippen molar-refractivity contribution < 1.29 is 30.0 Å². The van der Waals surface area contributed by atoms with Crippen LogP contribution in [0.4, 0.5) is 0 Å². The van der Waals surface area contributed by atoms with E-state index in [1.807, 2.05) is 0 Å². The summed E-state index contributed by atoms with van der Waals surface area (Å²) in [6.07, 6.45) is 8.97. The summed E-state index contributed by atoms with van der Waals surface area (Å²) in [5.41, 5.74) is 5.51. The molecule has 0 aliphatic heterocycles. The van der Waals surface area contributed by atoms with Crippen molar-refractivity contribution in [1.82, 2.24) is 25.8 Å². The SMILES string of the molecule is CCCC(NCCCCCN(O)C(=O)CCC(=O)NCCCCCN(O)C(C)=O)N(O)CCCCCN. The number of unbranched alkanes of at least 4 members (excludes halogenated alkanes) is 6. The molecular weight excluding hydrogens is 480 g/mol. The average molecular weight is 533 g/mol. The maximum absolute atomic E-state index is 12.1. The molecule has 0 fully saturated rings. The van der Waals surface area contributed by atoms with Crippen LogP contribution in [0.1, 0.15) is 97.3 Å². The van der Waals surface area contributed by atoms with E-state index in [2.05, 4.69) is 17.6 Å². The Kier molecular flexibility index (Phi) is 22.1. The summed E-state index contributed by atoms with van der Waals surface area (Å²) in [6, 6.07) is 0. The highest BCUT2D eigenvalue weighted by Crippen LogP contribution is 2.06. The predicted octanol–water partition coefficient (Wildman–Crippen LogP) is 2.21. The second kappa shape index (κ2) is 23.3. The highest BCUT2D eigenvalue weighted by molar-refractivity contribution is 5.83. The first-order chi connectivity index (χ1) is 17.7. The van der Waals surface area contributed by atoms with Gasteiger partial charge in [-0.25, -0.2) is 10.1 Å². The van der Waals surface area contributed by atoms with Crippen LogP contribution in [0.5, 0.6) is 0 Å². The number of amides is 3. The molecule has 218 valence electrons. The van der Waals surface area contributed by atoms with Crippen LogP contribution < -0.4 is 16.4 Å². The van der Waals surface area contributed by atoms with Crippen molar-refractivity contribution in [3.63, 3.8) is 0 Å². The Bertz CT molecular complexity index is 612. The van der Waals surface area contributed by atoms with Crippen molar-refractivity contribution in [3.8, 4) is 0 Å². The highest BCUT2D eigenvalue weighted by atomic mass is 16.5. The van der Waals surface area contributed by atoms with Crippen molar-refractivity contribution >= 4 is 17.7 Å². The third-order valence-corrected chi connectivity index (χ3v) is 6.03. The molecule has 0 aliphatic carbocycles. The second-order valence-electron chi connectivity index (χ2n) is 9.40. The van der Waals surface area contributed by atoms with Gasteiger partial charge in [0.1, 0.15) is 0 Å². The second-order valence-corrected chi connectivity index (χ2v) is 9.40. The van der Waals surface area contributed by atoms with Crippen LogP contribution in [0.2, 0.25) is 0 Å². The van der Waals surface area contributed by atoms with E-state index in [1.54, 1.807) is 0 Å². The van der Waals surface area contributed by atoms with Gasteiger partial charge in [-0.1, -0.05) is 26.2 Å². The number of nitrogens with two attached hydrogens (primary N) is 1. The number of nitrogens with one attached hydrogen (secondary N) is 2. The Labute approximate surface area is 222 Å². The van der Waals surface area contributed by atoms with Gasteiger partial charge in [-0.05, 0) is 64.5 Å². The molecule has 0 aliphatic rings. The van der Waals surface area contributed by atoms with Crippen molar-refractivity contribution in [2.45, 2.75) is 103 Å². The lowest BCUT2D eigenvalue weighted by molar-refractivity contribution is -0.166. The van der Waals surface area contributed by atoms with E-state index >= 15 is 0 Å². The molecular formula is C25H52N6O6. The summed E-state index contributed by atoms with van der Waals surface area (Å²) in [5.74, 6) is -1.13. The van der Waals surface area contributed by atoms with Crippen molar-refractivity contribution in [1.29, 1.82) is 0 Å². The molecule has 0 bridgehead atoms. The van der Waals surface area contributed by atoms with E-state index in [1.165, 1.54) is 12.0 Å². The Morgan fingerprint density at radius 2 is 1.38 bits per heavy atom. The van der Waals surface area contributed by atoms with Gasteiger partial charge in [0.15, 0.2) is 0 Å². The zero-order valence-electron chi connectivity index (χ0n) is 23.0. The number of hydroxylamine groups is 6. The fourth-order valence-corrected chi connectivity index (χ4v) is 3.72. The van der Waals surface area contributed by atoms with Gasteiger partial charge in [-0.2, -0.15) is 5.06 Å². The monoisotopic (exact) mass is 532 g/mol. The summed E-state index contributed by atoms with van der Waals surface area (Å²) >= 11 is 0. The topological polar surface area (TPSA) is 172 Å². The van der Waals surface area contributed by atoms with Gasteiger partial charge in [0.2, 0.25) is 17.7 Å². The molecule has 0 spiro atoms. The number of nitrogens with zero attached hydrogens (tertiary/aromatic N) is 3. The number of hydrogen-bond acceptors (Lipinski definition) is 9. The predicted molar refractivity (Wildman–Crippen MR) is 141 cm³/mol. The van der Waals surface area contributed by atoms with Crippen LogP contribution in [0, 0.1) is 0 Å². The minimum Gasteiger partial charge on any atom is -0.356 e. The molecule has 0 aromatic heterocycles. The van der Waals surface area contributed by atoms with Crippen LogP contribution in [-0.2, 0) is 14.4 Å². The van der Waals surface area contributed by atoms with Crippen LogP contribution >= 0.6 is 0 Å². The molecule has 0 saturated heterocycles. The summed E-state index contributed by atoms with van der Waals surface area (Å²) in [5, 5.41) is 38.3. The lowest BCUT2D eigenvalue weighted by Crippen LogP contribution is -2.44. The zero-order valence-corrected chi connectivity index (χ0v) is 23.0. The summed E-state index contributed by atoms with van der Waals surface area (Å²) in [4.78, 5) is 34.8. The molecule has 7 N–H and O–H groups in total. The van der Waals surface area contributed by atoms with E-state index < -0.39 is 11.8 Å². The Balaban J connectivity index is 3.86. The largest absolute Gasteiger partial charge is 0.356 e. The summed E-state index contributed by atoms with van der Waals surface area (Å²) in [6.45, 7) is 6.33. The van der Waals surface area contributed by atoms with Gasteiger partial charge in [0.25, 0.3) is 0 Å². The van der Waals surface area contributed by atoms with Crippen molar-refractivity contribution in [3.05, 3.63) is 0 Å². The van der Waals surface area contributed by atoms with Gasteiger partial charge in [0, 0.05) is 45.9 Å². The molecule has 12 heteroatoms. The molecule has 1 atom stereocenters. The first kappa shape index (κ1) is 35.2. The Hall–Kier alpha value is -1.83. The van der Waals surface area contributed by atoms with Crippen LogP contribution in [0.25, 0.3) is 0 Å². The van der Waals surface area contributed by atoms with Crippen LogP contribution in [-0.4, -0.2) is 94.0 Å². The standard InChI is InChI=1S/C25H52N6O6/c1-3-13-23(30(36)20-10-4-7-16-26)27-17-8-5-12-21-31(37)25(34)15-14-24(33)28-18-9-6-11-19-29(35)22(2)32/h23,27,35-37H,3-21,26H2,1-2H3,(H,28,33). The molecule has 0 aromatic rings. The molecule has 0 aromatic carbocycles. The molecule has 0 saturated carbocycles. The molecule has 1 unspecified atom stereocenters. The average Bonchev–Trinajstić information content (AvgIpc) is 2.87. The summed E-state index contributed by atoms with van der Waals surface area (Å²) < 4.78 is 0. The third-order valence-electron chi connectivity index (χ3n) is 6.03. The van der Waals surface area contributed by atoms with Crippen molar-refractivity contribution in [2.75, 3.05) is 39.3 Å². The lowest BCUT2D eigenvalue weighted by Gasteiger charge is -2.27. The van der Waals surface area contributed by atoms with Crippen molar-refractivity contribution in [2.24, 2.45) is 5.73 Å². The molecule has 37 heavy (non-hydrogen) atoms. The van der Waals surface area contributed by atoms with E-state index in [0.717, 1.165) is 57.9 Å². The molecule has 0 radical (unpaired) electrons. The fourth-order valence-electron chi connectivity index (χ4n) is 3.72. The van der Waals surface area contributed by atoms with Crippen LogP contribution in [0.15, 0.2) is 0 Å². The third kappa shape index (κ3) is 19.9. The van der Waals surface area contributed by atoms with E-state index in [4.69, 9.17) is 5.73 Å². The van der Waals surface area contributed by atoms with E-state index in [-0.39, 0.29) is 38.0 Å². The fraction of sp³-hybridized carbons (Fsp3) is 0.880. The summed E-state index contributed by atoms with van der Waals surface area (Å²) in [7, 11) is 0. The number of hydrogen-bond donors (Lipinski definition) is 6. The van der Waals surface area contributed by atoms with Gasteiger partial charge >= 0.3 is 0 Å². The normalized spacial score (nSPS) is 12.0. The molecule has 12 nitrogen and oxygen atoms in total. The van der Waals surface area contributed by atoms with Gasteiger partial charge in [-0.3, -0.25) is 30.1 Å². The van der Waals surface area contributed by atoms with Gasteiger partial charge < -0.3 is 16.3 Å². The number of carbonyl (C=O) groups is 3. The van der Waals surface area contributed by atoms with Gasteiger partial charge in [-0.15, -0.1) is 0 Å². The van der Waals surface area contributed by atoms with E-state index in [0.29, 0.717) is 49.0 Å². The number of carbonyl (C=O) groups excluding carboxylic acids is 3.